The predicted octanol–water partition coefficient (Wildman–Crippen LogP) is 2.21. The molecule has 3 nitrogen and oxygen atoms in total. The van der Waals surface area contributed by atoms with Crippen LogP contribution in [-0.4, -0.2) is 32.2 Å². The molecule has 0 spiro atoms. The van der Waals surface area contributed by atoms with Gasteiger partial charge in [-0.2, -0.15) is 0 Å². The highest BCUT2D eigenvalue weighted by atomic mass is 15.3. The third-order valence-electron chi connectivity index (χ3n) is 4.24. The Labute approximate surface area is 110 Å². The molecule has 1 atom stereocenters. The Morgan fingerprint density at radius 1 is 1.11 bits per heavy atom. The van der Waals surface area contributed by atoms with Crippen LogP contribution in [0.3, 0.4) is 0 Å². The van der Waals surface area contributed by atoms with Crippen molar-refractivity contribution >= 4 is 11.4 Å². The molecule has 0 aliphatic carbocycles. The zero-order valence-corrected chi connectivity index (χ0v) is 11.0. The van der Waals surface area contributed by atoms with Crippen molar-refractivity contribution in [3.05, 3.63) is 24.3 Å². The second kappa shape index (κ2) is 5.19. The topological polar surface area (TPSA) is 32.5 Å². The van der Waals surface area contributed by atoms with Crippen molar-refractivity contribution < 1.29 is 0 Å². The molecule has 98 valence electrons. The number of rotatable bonds is 2. The summed E-state index contributed by atoms with van der Waals surface area (Å²) in [5.41, 5.74) is 8.56. The van der Waals surface area contributed by atoms with Gasteiger partial charge in [0.05, 0.1) is 11.4 Å². The van der Waals surface area contributed by atoms with Crippen LogP contribution >= 0.6 is 0 Å². The number of anilines is 2. The van der Waals surface area contributed by atoms with Gasteiger partial charge in [0.15, 0.2) is 0 Å². The number of nitrogens with two attached hydrogens (primary N) is 1. The average molecular weight is 245 g/mol. The van der Waals surface area contributed by atoms with E-state index in [1.165, 1.54) is 43.6 Å². The number of benzene rings is 1. The van der Waals surface area contributed by atoms with Gasteiger partial charge >= 0.3 is 0 Å². The Balaban J connectivity index is 1.95. The van der Waals surface area contributed by atoms with Crippen molar-refractivity contribution in [2.45, 2.75) is 31.7 Å². The maximum atomic E-state index is 5.76. The average Bonchev–Trinajstić information content (AvgIpc) is 2.64. The minimum atomic E-state index is 0.689. The Morgan fingerprint density at radius 3 is 2.78 bits per heavy atom. The van der Waals surface area contributed by atoms with Gasteiger partial charge in [0.1, 0.15) is 0 Å². The van der Waals surface area contributed by atoms with E-state index in [2.05, 4.69) is 34.1 Å². The zero-order valence-electron chi connectivity index (χ0n) is 11.0. The van der Waals surface area contributed by atoms with Gasteiger partial charge in [-0.1, -0.05) is 25.0 Å². The van der Waals surface area contributed by atoms with Gasteiger partial charge in [-0.25, -0.2) is 0 Å². The molecule has 0 saturated carbocycles. The Hall–Kier alpha value is -1.22. The van der Waals surface area contributed by atoms with E-state index in [0.717, 1.165) is 19.6 Å². The molecule has 0 radical (unpaired) electrons. The van der Waals surface area contributed by atoms with E-state index in [-0.39, 0.29) is 0 Å². The lowest BCUT2D eigenvalue weighted by molar-refractivity contribution is 0.539. The number of hydrogen-bond donors (Lipinski definition) is 1. The van der Waals surface area contributed by atoms with Crippen molar-refractivity contribution in [2.24, 2.45) is 5.73 Å². The van der Waals surface area contributed by atoms with Crippen LogP contribution in [0.1, 0.15) is 25.7 Å². The van der Waals surface area contributed by atoms with Gasteiger partial charge < -0.3 is 15.5 Å². The Bertz CT molecular complexity index is 404. The molecule has 0 aromatic heterocycles. The molecule has 1 saturated heterocycles. The highest BCUT2D eigenvalue weighted by molar-refractivity contribution is 5.74. The molecular weight excluding hydrogens is 222 g/mol. The fraction of sp³-hybridized carbons (Fsp3) is 0.600. The summed E-state index contributed by atoms with van der Waals surface area (Å²) < 4.78 is 0. The summed E-state index contributed by atoms with van der Waals surface area (Å²) in [7, 11) is 0. The minimum absolute atomic E-state index is 0.689. The van der Waals surface area contributed by atoms with Crippen LogP contribution in [0.5, 0.6) is 0 Å². The molecule has 1 unspecified atom stereocenters. The highest BCUT2D eigenvalue weighted by Gasteiger charge is 2.30. The maximum absolute atomic E-state index is 5.76. The summed E-state index contributed by atoms with van der Waals surface area (Å²) in [6.45, 7) is 4.08. The standard InChI is InChI=1S/C15H23N3/c16-9-11-17-12-13-6-2-1-5-10-18(13)15-8-4-3-7-14(15)17/h3-4,7-8,13H,1-2,5-6,9-12,16H2. The molecule has 2 aliphatic heterocycles. The van der Waals surface area contributed by atoms with Crippen molar-refractivity contribution in [3.8, 4) is 0 Å². The normalized spacial score (nSPS) is 23.3. The van der Waals surface area contributed by atoms with Gasteiger partial charge in [0.2, 0.25) is 0 Å². The van der Waals surface area contributed by atoms with Gasteiger partial charge in [0, 0.05) is 32.2 Å². The van der Waals surface area contributed by atoms with E-state index in [9.17, 15) is 0 Å². The van der Waals surface area contributed by atoms with Crippen LogP contribution in [0.4, 0.5) is 11.4 Å². The molecule has 1 aromatic rings. The molecule has 0 bridgehead atoms. The van der Waals surface area contributed by atoms with Crippen molar-refractivity contribution in [1.29, 1.82) is 0 Å². The first-order valence-corrected chi connectivity index (χ1v) is 7.21. The smallest absolute Gasteiger partial charge is 0.0607 e. The zero-order chi connectivity index (χ0) is 12.4. The summed E-state index contributed by atoms with van der Waals surface area (Å²) in [6, 6.07) is 9.50. The SMILES string of the molecule is NCCN1CC2CCCCCN2c2ccccc21. The molecule has 0 amide bonds. The predicted molar refractivity (Wildman–Crippen MR) is 77.3 cm³/mol. The third-order valence-corrected chi connectivity index (χ3v) is 4.24. The van der Waals surface area contributed by atoms with E-state index in [0.29, 0.717) is 6.04 Å². The fourth-order valence-corrected chi connectivity index (χ4v) is 3.38. The van der Waals surface area contributed by atoms with E-state index >= 15 is 0 Å². The number of hydrogen-bond acceptors (Lipinski definition) is 3. The van der Waals surface area contributed by atoms with Crippen molar-refractivity contribution in [2.75, 3.05) is 36.0 Å². The summed E-state index contributed by atoms with van der Waals surface area (Å²) in [6.07, 6.45) is 5.42. The molecule has 1 aromatic carbocycles. The molecule has 18 heavy (non-hydrogen) atoms. The van der Waals surface area contributed by atoms with E-state index in [4.69, 9.17) is 5.73 Å². The molecule has 2 heterocycles. The summed E-state index contributed by atoms with van der Waals surface area (Å²) >= 11 is 0. The molecule has 2 aliphatic rings. The fourth-order valence-electron chi connectivity index (χ4n) is 3.38. The monoisotopic (exact) mass is 245 g/mol. The molecule has 1 fully saturated rings. The number of fused-ring (bicyclic) bond motifs is 3. The van der Waals surface area contributed by atoms with Gasteiger partial charge in [0.25, 0.3) is 0 Å². The molecule has 3 heteroatoms. The summed E-state index contributed by atoms with van der Waals surface area (Å²) in [5, 5.41) is 0. The second-order valence-electron chi connectivity index (χ2n) is 5.42. The van der Waals surface area contributed by atoms with Gasteiger partial charge in [-0.05, 0) is 25.0 Å². The van der Waals surface area contributed by atoms with Crippen LogP contribution < -0.4 is 15.5 Å². The lowest BCUT2D eigenvalue weighted by atomic mass is 10.0. The molecule has 3 rings (SSSR count). The second-order valence-corrected chi connectivity index (χ2v) is 5.42. The first-order chi connectivity index (χ1) is 8.90. The van der Waals surface area contributed by atoms with Crippen molar-refractivity contribution in [1.82, 2.24) is 0 Å². The Kier molecular flexibility index (Phi) is 3.41. The summed E-state index contributed by atoms with van der Waals surface area (Å²) in [4.78, 5) is 5.11. The van der Waals surface area contributed by atoms with Crippen LogP contribution in [0, 0.1) is 0 Å². The first-order valence-electron chi connectivity index (χ1n) is 7.21. The largest absolute Gasteiger partial charge is 0.367 e. The maximum Gasteiger partial charge on any atom is 0.0607 e. The Morgan fingerprint density at radius 2 is 1.94 bits per heavy atom. The van der Waals surface area contributed by atoms with Crippen LogP contribution in [0.15, 0.2) is 24.3 Å². The quantitative estimate of drug-likeness (QED) is 0.867. The first kappa shape index (κ1) is 11.8. The van der Waals surface area contributed by atoms with E-state index in [1.54, 1.807) is 0 Å². The number of nitrogens with zero attached hydrogens (tertiary/aromatic N) is 2. The van der Waals surface area contributed by atoms with Crippen LogP contribution in [0.2, 0.25) is 0 Å². The highest BCUT2D eigenvalue weighted by Crippen LogP contribution is 2.37. The third kappa shape index (κ3) is 2.07. The lowest BCUT2D eigenvalue weighted by Gasteiger charge is -2.44. The summed E-state index contributed by atoms with van der Waals surface area (Å²) in [5.74, 6) is 0. The van der Waals surface area contributed by atoms with Gasteiger partial charge in [-0.3, -0.25) is 0 Å². The lowest BCUT2D eigenvalue weighted by Crippen LogP contribution is -2.49. The van der Waals surface area contributed by atoms with E-state index in [1.807, 2.05) is 0 Å². The van der Waals surface area contributed by atoms with Crippen LogP contribution in [0.25, 0.3) is 0 Å². The molecular formula is C15H23N3. The van der Waals surface area contributed by atoms with Crippen molar-refractivity contribution in [3.63, 3.8) is 0 Å². The van der Waals surface area contributed by atoms with Crippen LogP contribution in [-0.2, 0) is 0 Å². The minimum Gasteiger partial charge on any atom is -0.367 e. The van der Waals surface area contributed by atoms with E-state index < -0.39 is 0 Å². The van der Waals surface area contributed by atoms with Gasteiger partial charge in [-0.15, -0.1) is 0 Å². The number of para-hydroxylation sites is 2. The molecule has 2 N–H and O–H groups in total.